The number of amides is 1. The molecule has 1 fully saturated rings. The first kappa shape index (κ1) is 77.1. The number of carbonyl (C=O) groups is 2. The number of nitrogens with one attached hydrogen (secondary N) is 1. The van der Waals surface area contributed by atoms with Crippen molar-refractivity contribution in [3.05, 3.63) is 122 Å². The van der Waals surface area contributed by atoms with E-state index in [1.165, 1.54) is 77.0 Å². The lowest BCUT2D eigenvalue weighted by atomic mass is 9.99. The molecule has 1 heterocycles. The number of hydrogen-bond acceptors (Lipinski definition) is 10. The fourth-order valence-electron chi connectivity index (χ4n) is 9.60. The van der Waals surface area contributed by atoms with E-state index in [2.05, 4.69) is 135 Å². The Morgan fingerprint density at radius 1 is 0.482 bits per heavy atom. The van der Waals surface area contributed by atoms with Gasteiger partial charge in [0.15, 0.2) is 12.4 Å². The van der Waals surface area contributed by atoms with Crippen LogP contribution in [0.3, 0.4) is 0 Å². The summed E-state index contributed by atoms with van der Waals surface area (Å²) in [5.74, 6) is -1.25. The normalized spacial score (nSPS) is 19.3. The maximum Gasteiger partial charge on any atom is 0.306 e. The van der Waals surface area contributed by atoms with Crippen molar-refractivity contribution in [1.82, 2.24) is 5.32 Å². The average molecular weight is 1160 g/mol. The summed E-state index contributed by atoms with van der Waals surface area (Å²) in [6.45, 7) is 5.62. The Balaban J connectivity index is 2.68. The lowest BCUT2D eigenvalue weighted by Gasteiger charge is -2.41. The molecule has 0 aromatic heterocycles. The lowest BCUT2D eigenvalue weighted by molar-refractivity contribution is -0.305. The van der Waals surface area contributed by atoms with Crippen molar-refractivity contribution in [3.8, 4) is 0 Å². The van der Waals surface area contributed by atoms with Crippen LogP contribution in [0, 0.1) is 0 Å². The van der Waals surface area contributed by atoms with Gasteiger partial charge in [0, 0.05) is 6.42 Å². The minimum absolute atomic E-state index is 0.100. The van der Waals surface area contributed by atoms with Crippen LogP contribution in [-0.2, 0) is 23.8 Å². The second kappa shape index (κ2) is 58.4. The van der Waals surface area contributed by atoms with Crippen LogP contribution in [0.2, 0.25) is 0 Å². The number of hydrogen-bond donors (Lipinski definition) is 6. The highest BCUT2D eigenvalue weighted by Gasteiger charge is 2.47. The average Bonchev–Trinajstić information content (AvgIpc) is 3.54. The van der Waals surface area contributed by atoms with Crippen molar-refractivity contribution in [2.45, 2.75) is 307 Å². The largest absolute Gasteiger partial charge is 0.454 e. The summed E-state index contributed by atoms with van der Waals surface area (Å²) < 4.78 is 17.6. The predicted octanol–water partition coefficient (Wildman–Crippen LogP) is 16.6. The number of aliphatic hydroxyl groups is 5. The van der Waals surface area contributed by atoms with Gasteiger partial charge >= 0.3 is 5.97 Å². The first-order valence-corrected chi connectivity index (χ1v) is 33.3. The van der Waals surface area contributed by atoms with Crippen LogP contribution in [0.4, 0.5) is 0 Å². The molecule has 0 aromatic carbocycles. The van der Waals surface area contributed by atoms with Crippen molar-refractivity contribution in [1.29, 1.82) is 0 Å². The van der Waals surface area contributed by atoms with Crippen molar-refractivity contribution >= 4 is 11.9 Å². The Kier molecular flexibility index (Phi) is 54.3. The second-order valence-corrected chi connectivity index (χ2v) is 22.5. The molecule has 0 radical (unpaired) electrons. The number of esters is 1. The molecule has 1 rings (SSSR count). The lowest BCUT2D eigenvalue weighted by Crippen LogP contribution is -2.61. The molecule has 0 saturated carbocycles. The van der Waals surface area contributed by atoms with Crippen LogP contribution in [0.15, 0.2) is 122 Å². The van der Waals surface area contributed by atoms with E-state index in [9.17, 15) is 35.1 Å². The van der Waals surface area contributed by atoms with Crippen LogP contribution in [0.5, 0.6) is 0 Å². The molecular weight excluding hydrogens is 1040 g/mol. The van der Waals surface area contributed by atoms with Gasteiger partial charge in [-0.25, -0.2) is 0 Å². The Labute approximate surface area is 506 Å². The molecule has 0 aromatic rings. The molecule has 1 amide bonds. The van der Waals surface area contributed by atoms with Gasteiger partial charge in [-0.3, -0.25) is 9.59 Å². The predicted molar refractivity (Wildman–Crippen MR) is 347 cm³/mol. The van der Waals surface area contributed by atoms with Gasteiger partial charge < -0.3 is 45.1 Å². The van der Waals surface area contributed by atoms with E-state index < -0.39 is 67.4 Å². The van der Waals surface area contributed by atoms with Crippen molar-refractivity contribution in [2.24, 2.45) is 0 Å². The Morgan fingerprint density at radius 3 is 1.33 bits per heavy atom. The summed E-state index contributed by atoms with van der Waals surface area (Å²) in [4.78, 5) is 26.6. The van der Waals surface area contributed by atoms with Crippen molar-refractivity contribution in [3.63, 3.8) is 0 Å². The molecule has 1 saturated heterocycles. The topological polar surface area (TPSA) is 175 Å². The zero-order valence-electron chi connectivity index (χ0n) is 52.5. The fourth-order valence-corrected chi connectivity index (χ4v) is 9.60. The third-order valence-corrected chi connectivity index (χ3v) is 14.8. The van der Waals surface area contributed by atoms with E-state index in [-0.39, 0.29) is 19.4 Å². The molecule has 6 N–H and O–H groups in total. The van der Waals surface area contributed by atoms with E-state index in [0.717, 1.165) is 135 Å². The standard InChI is InChI=1S/C72H121NO10/c1-4-7-10-13-16-19-22-25-27-29-31-32-33-34-35-37-39-42-45-48-51-54-57-60-67(77)83-70-69(79)68(78)66(61-74)82-72(70)81-62-63(64(75)58-55-52-49-46-43-40-24-21-18-15-12-9-6-3)73-71(80)65(76)59-56-53-50-47-44-41-38-36-30-28-26-23-20-17-14-11-8-5-2/h8,11,16-17,19-20,25-28,31-32,34-36,38,44,47,55,58,63-66,68-70,72,74-76,78-79H,4-7,9-10,12-15,18,21-24,29-30,33,37,39-43,45-46,48-54,56-57,59-62H2,1-3H3,(H,73,80)/b11-8-,19-16-,20-17-,27-25-,28-26-,32-31-,35-34-,38-36-,47-44-,58-55+. The van der Waals surface area contributed by atoms with Gasteiger partial charge in [0.2, 0.25) is 5.91 Å². The number of rotatable bonds is 55. The summed E-state index contributed by atoms with van der Waals surface area (Å²) in [7, 11) is 0. The van der Waals surface area contributed by atoms with Crippen LogP contribution < -0.4 is 5.32 Å². The summed E-state index contributed by atoms with van der Waals surface area (Å²) in [6, 6.07) is -1.05. The number of unbranched alkanes of at least 4 members (excludes halogenated alkanes) is 23. The highest BCUT2D eigenvalue weighted by atomic mass is 16.7. The highest BCUT2D eigenvalue weighted by molar-refractivity contribution is 5.80. The minimum Gasteiger partial charge on any atom is -0.454 e. The van der Waals surface area contributed by atoms with Gasteiger partial charge in [-0.15, -0.1) is 0 Å². The molecule has 474 valence electrons. The molecule has 11 heteroatoms. The summed E-state index contributed by atoms with van der Waals surface area (Å²) >= 11 is 0. The Bertz CT molecular complexity index is 1810. The van der Waals surface area contributed by atoms with Crippen LogP contribution >= 0.6 is 0 Å². The minimum atomic E-state index is -1.63. The molecule has 0 aliphatic carbocycles. The fraction of sp³-hybridized carbons (Fsp3) is 0.694. The van der Waals surface area contributed by atoms with Gasteiger partial charge in [-0.2, -0.15) is 0 Å². The third-order valence-electron chi connectivity index (χ3n) is 14.8. The molecule has 11 nitrogen and oxygen atoms in total. The monoisotopic (exact) mass is 1160 g/mol. The van der Waals surface area contributed by atoms with Crippen LogP contribution in [-0.4, -0.2) is 99.6 Å². The molecule has 8 unspecified atom stereocenters. The van der Waals surface area contributed by atoms with Crippen molar-refractivity contribution in [2.75, 3.05) is 13.2 Å². The Morgan fingerprint density at radius 2 is 0.867 bits per heavy atom. The second-order valence-electron chi connectivity index (χ2n) is 22.5. The number of ether oxygens (including phenoxy) is 3. The number of aliphatic hydroxyl groups excluding tert-OH is 5. The van der Waals surface area contributed by atoms with Gasteiger partial charge in [0.25, 0.3) is 0 Å². The summed E-state index contributed by atoms with van der Waals surface area (Å²) in [5.41, 5.74) is 0. The molecule has 0 spiro atoms. The number of allylic oxidation sites excluding steroid dienone is 19. The smallest absolute Gasteiger partial charge is 0.306 e. The molecular formula is C72H121NO10. The maximum absolute atomic E-state index is 13.4. The number of carbonyl (C=O) groups excluding carboxylic acids is 2. The van der Waals surface area contributed by atoms with E-state index >= 15 is 0 Å². The molecule has 8 atom stereocenters. The van der Waals surface area contributed by atoms with Gasteiger partial charge in [0.1, 0.15) is 24.4 Å². The highest BCUT2D eigenvalue weighted by Crippen LogP contribution is 2.26. The summed E-state index contributed by atoms with van der Waals surface area (Å²) in [6.07, 6.45) is 70.8. The zero-order valence-corrected chi connectivity index (χ0v) is 52.5. The van der Waals surface area contributed by atoms with Crippen LogP contribution in [0.25, 0.3) is 0 Å². The quantitative estimate of drug-likeness (QED) is 0.0195. The van der Waals surface area contributed by atoms with Gasteiger partial charge in [0.05, 0.1) is 25.4 Å². The maximum atomic E-state index is 13.4. The Hall–Kier alpha value is -3.94. The molecule has 83 heavy (non-hydrogen) atoms. The first-order chi connectivity index (χ1) is 40.7. The van der Waals surface area contributed by atoms with E-state index in [1.807, 2.05) is 6.08 Å². The molecule has 1 aliphatic heterocycles. The molecule has 0 bridgehead atoms. The first-order valence-electron chi connectivity index (χ1n) is 33.3. The SMILES string of the molecule is CC/C=C\C/C=C\C/C=C\C/C=C\C/C=C\CCCCC(O)C(=O)NC(COC1OC(CO)C(O)C(O)C1OC(=O)CCCCCCCCC/C=C\C/C=C\C/C=C\C/C=C\CCCCC)C(O)/C=C/CCCCCCCCCCCCC. The third kappa shape index (κ3) is 46.0. The zero-order chi connectivity index (χ0) is 60.3. The van der Waals surface area contributed by atoms with E-state index in [1.54, 1.807) is 6.08 Å². The van der Waals surface area contributed by atoms with Gasteiger partial charge in [-0.1, -0.05) is 258 Å². The summed E-state index contributed by atoms with van der Waals surface area (Å²) in [5, 5.41) is 57.1. The van der Waals surface area contributed by atoms with E-state index in [4.69, 9.17) is 14.2 Å². The van der Waals surface area contributed by atoms with Crippen molar-refractivity contribution < 1.29 is 49.3 Å². The van der Waals surface area contributed by atoms with E-state index in [0.29, 0.717) is 12.8 Å². The van der Waals surface area contributed by atoms with Crippen LogP contribution in [0.1, 0.15) is 258 Å². The molecule has 1 aliphatic rings. The van der Waals surface area contributed by atoms with Gasteiger partial charge in [-0.05, 0) is 116 Å².